The summed E-state index contributed by atoms with van der Waals surface area (Å²) < 4.78 is 24.9. The van der Waals surface area contributed by atoms with E-state index in [-0.39, 0.29) is 4.88 Å². The van der Waals surface area contributed by atoms with Crippen molar-refractivity contribution in [2.45, 2.75) is 13.3 Å². The normalized spacial score (nSPS) is 11.1. The van der Waals surface area contributed by atoms with Gasteiger partial charge in [0.05, 0.1) is 12.2 Å². The summed E-state index contributed by atoms with van der Waals surface area (Å²) in [6.45, 7) is 1.28. The van der Waals surface area contributed by atoms with Gasteiger partial charge in [-0.1, -0.05) is 12.1 Å². The van der Waals surface area contributed by atoms with Crippen molar-refractivity contribution >= 4 is 33.0 Å². The Morgan fingerprint density at radius 3 is 2.89 bits per heavy atom. The van der Waals surface area contributed by atoms with Crippen molar-refractivity contribution < 1.29 is 13.6 Å². The molecule has 0 aliphatic rings. The van der Waals surface area contributed by atoms with Gasteiger partial charge >= 0.3 is 0 Å². The van der Waals surface area contributed by atoms with Crippen molar-refractivity contribution in [3.05, 3.63) is 28.6 Å². The molecule has 0 radical (unpaired) electrons. The second-order valence-corrected chi connectivity index (χ2v) is 5.00. The summed E-state index contributed by atoms with van der Waals surface area (Å²) in [7, 11) is 0. The Morgan fingerprint density at radius 1 is 1.50 bits per heavy atom. The third-order valence-corrected chi connectivity index (χ3v) is 3.67. The van der Waals surface area contributed by atoms with Gasteiger partial charge < -0.3 is 11.1 Å². The third-order valence-electron chi connectivity index (χ3n) is 2.51. The number of hydrogen-bond donors (Lipinski definition) is 2. The van der Waals surface area contributed by atoms with E-state index in [2.05, 4.69) is 5.32 Å². The number of carbonyl (C=O) groups excluding carboxylic acids is 1. The Hall–Kier alpha value is -1.69. The number of halogens is 2. The highest BCUT2D eigenvalue weighted by atomic mass is 32.1. The summed E-state index contributed by atoms with van der Waals surface area (Å²) in [5.41, 5.74) is 7.27. The topological polar surface area (TPSA) is 55.1 Å². The number of fused-ring (bicyclic) bond motifs is 1. The fraction of sp³-hybridized carbons (Fsp3) is 0.250. The molecule has 0 saturated heterocycles. The predicted octanol–water partition coefficient (Wildman–Crippen LogP) is 2.79. The minimum Gasteiger partial charge on any atom is -0.397 e. The number of carbonyl (C=O) groups is 1. The van der Waals surface area contributed by atoms with Crippen LogP contribution in [0.4, 0.5) is 14.5 Å². The minimum atomic E-state index is -2.56. The highest BCUT2D eigenvalue weighted by Crippen LogP contribution is 2.34. The van der Waals surface area contributed by atoms with Crippen molar-refractivity contribution in [2.24, 2.45) is 0 Å². The van der Waals surface area contributed by atoms with E-state index >= 15 is 0 Å². The Balaban J connectivity index is 2.33. The van der Waals surface area contributed by atoms with Crippen LogP contribution in [0.3, 0.4) is 0 Å². The van der Waals surface area contributed by atoms with Gasteiger partial charge in [0.1, 0.15) is 4.88 Å². The number of nitrogen functional groups attached to an aromatic ring is 1. The summed E-state index contributed by atoms with van der Waals surface area (Å²) in [4.78, 5) is 12.0. The van der Waals surface area contributed by atoms with Gasteiger partial charge in [0.25, 0.3) is 12.3 Å². The third kappa shape index (κ3) is 2.43. The van der Waals surface area contributed by atoms with Gasteiger partial charge in [-0.15, -0.1) is 11.3 Å². The fourth-order valence-corrected chi connectivity index (χ4v) is 2.78. The van der Waals surface area contributed by atoms with Crippen molar-refractivity contribution in [1.29, 1.82) is 0 Å². The predicted molar refractivity (Wildman–Crippen MR) is 69.3 cm³/mol. The molecule has 6 heteroatoms. The number of hydrogen-bond acceptors (Lipinski definition) is 3. The summed E-state index contributed by atoms with van der Waals surface area (Å²) >= 11 is 1.22. The zero-order valence-electron chi connectivity index (χ0n) is 9.67. The molecular formula is C12H12F2N2OS. The van der Waals surface area contributed by atoms with Crippen LogP contribution in [0.25, 0.3) is 10.1 Å². The van der Waals surface area contributed by atoms with Crippen molar-refractivity contribution in [3.63, 3.8) is 0 Å². The SMILES string of the molecule is Cc1ccc2c(N)c(C(=O)NCC(F)F)sc2c1. The smallest absolute Gasteiger partial charge is 0.263 e. The van der Waals surface area contributed by atoms with Crippen molar-refractivity contribution in [3.8, 4) is 0 Å². The molecule has 2 rings (SSSR count). The van der Waals surface area contributed by atoms with Crippen molar-refractivity contribution in [1.82, 2.24) is 5.32 Å². The minimum absolute atomic E-state index is 0.288. The van der Waals surface area contributed by atoms with E-state index in [1.54, 1.807) is 0 Å². The first kappa shape index (κ1) is 12.8. The molecule has 3 nitrogen and oxygen atoms in total. The monoisotopic (exact) mass is 270 g/mol. The highest BCUT2D eigenvalue weighted by molar-refractivity contribution is 7.21. The van der Waals surface area contributed by atoms with Gasteiger partial charge in [0.2, 0.25) is 0 Å². The zero-order chi connectivity index (χ0) is 13.3. The van der Waals surface area contributed by atoms with Gasteiger partial charge in [0.15, 0.2) is 0 Å². The van der Waals surface area contributed by atoms with Gasteiger partial charge in [-0.25, -0.2) is 8.78 Å². The number of nitrogens with two attached hydrogens (primary N) is 1. The first-order valence-corrected chi connectivity index (χ1v) is 6.15. The quantitative estimate of drug-likeness (QED) is 0.901. The van der Waals surface area contributed by atoms with Crippen LogP contribution in [0.2, 0.25) is 0 Å². The summed E-state index contributed by atoms with van der Waals surface area (Å²) in [6.07, 6.45) is -2.56. The maximum Gasteiger partial charge on any atom is 0.263 e. The number of thiophene rings is 1. The Labute approximate surface area is 107 Å². The molecule has 2 aromatic rings. The Kier molecular flexibility index (Phi) is 3.47. The van der Waals surface area contributed by atoms with E-state index in [0.717, 1.165) is 15.6 Å². The maximum absolute atomic E-state index is 12.0. The van der Waals surface area contributed by atoms with Gasteiger partial charge in [-0.3, -0.25) is 4.79 Å². The average Bonchev–Trinajstić information content (AvgIpc) is 2.63. The molecule has 3 N–H and O–H groups in total. The molecular weight excluding hydrogens is 258 g/mol. The molecule has 0 unspecified atom stereocenters. The molecule has 1 aromatic heterocycles. The number of benzene rings is 1. The highest BCUT2D eigenvalue weighted by Gasteiger charge is 2.17. The van der Waals surface area contributed by atoms with Crippen LogP contribution in [0, 0.1) is 6.92 Å². The number of aryl methyl sites for hydroxylation is 1. The Morgan fingerprint density at radius 2 is 2.22 bits per heavy atom. The molecule has 1 aromatic carbocycles. The second kappa shape index (κ2) is 4.89. The molecule has 0 saturated carbocycles. The average molecular weight is 270 g/mol. The van der Waals surface area contributed by atoms with E-state index in [4.69, 9.17) is 5.73 Å². The zero-order valence-corrected chi connectivity index (χ0v) is 10.5. The summed E-state index contributed by atoms with van der Waals surface area (Å²) in [6, 6.07) is 5.65. The van der Waals surface area contributed by atoms with Crippen LogP contribution in [-0.2, 0) is 0 Å². The molecule has 0 bridgehead atoms. The van der Waals surface area contributed by atoms with Crippen LogP contribution in [0.5, 0.6) is 0 Å². The molecule has 0 aliphatic carbocycles. The number of nitrogens with one attached hydrogen (secondary N) is 1. The first-order chi connectivity index (χ1) is 8.49. The first-order valence-electron chi connectivity index (χ1n) is 5.34. The standard InChI is InChI=1S/C12H12F2N2OS/c1-6-2-3-7-8(4-6)18-11(10(7)15)12(17)16-5-9(13)14/h2-4,9H,5,15H2,1H3,(H,16,17). The number of alkyl halides is 2. The van der Waals surface area contributed by atoms with E-state index in [1.807, 2.05) is 25.1 Å². The largest absolute Gasteiger partial charge is 0.397 e. The van der Waals surface area contributed by atoms with E-state index in [9.17, 15) is 13.6 Å². The van der Waals surface area contributed by atoms with E-state index in [0.29, 0.717) is 5.69 Å². The maximum atomic E-state index is 12.0. The van der Waals surface area contributed by atoms with Crippen LogP contribution in [-0.4, -0.2) is 18.9 Å². The van der Waals surface area contributed by atoms with Gasteiger partial charge in [-0.05, 0) is 18.6 Å². The lowest BCUT2D eigenvalue weighted by atomic mass is 10.1. The number of rotatable bonds is 3. The Bertz CT molecular complexity index is 595. The molecule has 0 atom stereocenters. The molecule has 0 aliphatic heterocycles. The van der Waals surface area contributed by atoms with Gasteiger partial charge in [0, 0.05) is 10.1 Å². The molecule has 96 valence electrons. The summed E-state index contributed by atoms with van der Waals surface area (Å²) in [5, 5.41) is 2.94. The van der Waals surface area contributed by atoms with Crippen LogP contribution < -0.4 is 11.1 Å². The molecule has 0 spiro atoms. The van der Waals surface area contributed by atoms with Crippen LogP contribution >= 0.6 is 11.3 Å². The fourth-order valence-electron chi connectivity index (χ4n) is 1.64. The number of amides is 1. The van der Waals surface area contributed by atoms with Crippen molar-refractivity contribution in [2.75, 3.05) is 12.3 Å². The lowest BCUT2D eigenvalue weighted by molar-refractivity contribution is 0.0896. The van der Waals surface area contributed by atoms with Crippen LogP contribution in [0.15, 0.2) is 18.2 Å². The van der Waals surface area contributed by atoms with Crippen LogP contribution in [0.1, 0.15) is 15.2 Å². The molecule has 1 amide bonds. The van der Waals surface area contributed by atoms with Gasteiger partial charge in [-0.2, -0.15) is 0 Å². The lowest BCUT2D eigenvalue weighted by Gasteiger charge is -2.02. The lowest BCUT2D eigenvalue weighted by Crippen LogP contribution is -2.28. The second-order valence-electron chi connectivity index (χ2n) is 3.95. The molecule has 18 heavy (non-hydrogen) atoms. The number of anilines is 1. The van der Waals surface area contributed by atoms with E-state index in [1.165, 1.54) is 11.3 Å². The molecule has 1 heterocycles. The van der Waals surface area contributed by atoms with E-state index < -0.39 is 18.9 Å². The molecule has 0 fully saturated rings. The summed E-state index contributed by atoms with van der Waals surface area (Å²) in [5.74, 6) is -0.549.